The first-order valence-corrected chi connectivity index (χ1v) is 9.19. The van der Waals surface area contributed by atoms with Gasteiger partial charge in [-0.15, -0.1) is 0 Å². The van der Waals surface area contributed by atoms with Crippen molar-refractivity contribution < 1.29 is 18.0 Å². The van der Waals surface area contributed by atoms with Crippen LogP contribution in [0, 0.1) is 11.8 Å². The maximum Gasteiger partial charge on any atom is 0.416 e. The predicted molar refractivity (Wildman–Crippen MR) is 95.8 cm³/mol. The van der Waals surface area contributed by atoms with E-state index in [0.717, 1.165) is 25.0 Å². The van der Waals surface area contributed by atoms with Crippen molar-refractivity contribution >= 4 is 5.91 Å². The third kappa shape index (κ3) is 5.11. The highest BCUT2D eigenvalue weighted by Gasteiger charge is 2.31. The summed E-state index contributed by atoms with van der Waals surface area (Å²) < 4.78 is 40.6. The quantitative estimate of drug-likeness (QED) is 0.718. The molecule has 1 aliphatic rings. The Bertz CT molecular complexity index is 794. The zero-order valence-electron chi connectivity index (χ0n) is 15.5. The second-order valence-corrected chi connectivity index (χ2v) is 7.49. The minimum absolute atomic E-state index is 0.0792. The molecular formula is C20H24F3N3O. The number of halogens is 3. The molecule has 0 aliphatic heterocycles. The molecular weight excluding hydrogens is 355 g/mol. The molecule has 4 nitrogen and oxygen atoms in total. The summed E-state index contributed by atoms with van der Waals surface area (Å²) in [7, 11) is 0. The first kappa shape index (κ1) is 19.5. The Morgan fingerprint density at radius 2 is 2.07 bits per heavy atom. The van der Waals surface area contributed by atoms with Crippen LogP contribution in [0.15, 0.2) is 36.7 Å². The van der Waals surface area contributed by atoms with Gasteiger partial charge in [0.1, 0.15) is 5.82 Å². The fourth-order valence-corrected chi connectivity index (χ4v) is 3.06. The van der Waals surface area contributed by atoms with E-state index in [2.05, 4.69) is 4.98 Å². The third-order valence-electron chi connectivity index (χ3n) is 4.72. The van der Waals surface area contributed by atoms with Gasteiger partial charge in [0.25, 0.3) is 0 Å². The average molecular weight is 379 g/mol. The molecule has 1 fully saturated rings. The normalized spacial score (nSPS) is 14.6. The van der Waals surface area contributed by atoms with E-state index in [0.29, 0.717) is 30.4 Å². The molecule has 0 saturated heterocycles. The lowest BCUT2D eigenvalue weighted by atomic mass is 10.1. The number of rotatable bonds is 7. The van der Waals surface area contributed by atoms with Gasteiger partial charge in [-0.05, 0) is 36.5 Å². The summed E-state index contributed by atoms with van der Waals surface area (Å²) in [4.78, 5) is 18.7. The minimum Gasteiger partial charge on any atom is -0.335 e. The van der Waals surface area contributed by atoms with E-state index < -0.39 is 11.7 Å². The van der Waals surface area contributed by atoms with Crippen molar-refractivity contribution in [3.05, 3.63) is 53.6 Å². The lowest BCUT2D eigenvalue weighted by Gasteiger charge is -2.24. The summed E-state index contributed by atoms with van der Waals surface area (Å²) in [5, 5.41) is 0. The van der Waals surface area contributed by atoms with Crippen LogP contribution in [0.3, 0.4) is 0 Å². The summed E-state index contributed by atoms with van der Waals surface area (Å²) in [6.45, 7) is 5.12. The van der Waals surface area contributed by atoms with Crippen molar-refractivity contribution in [1.82, 2.24) is 14.5 Å². The number of amides is 1. The van der Waals surface area contributed by atoms with Gasteiger partial charge in [-0.1, -0.05) is 26.0 Å². The topological polar surface area (TPSA) is 38.1 Å². The molecule has 0 unspecified atom stereocenters. The van der Waals surface area contributed by atoms with E-state index in [1.165, 1.54) is 6.07 Å². The summed E-state index contributed by atoms with van der Waals surface area (Å²) in [6, 6.07) is 5.30. The summed E-state index contributed by atoms with van der Waals surface area (Å²) in [5.74, 6) is 1.22. The number of hydrogen-bond donors (Lipinski definition) is 0. The Hall–Kier alpha value is -2.31. The largest absolute Gasteiger partial charge is 0.416 e. The Morgan fingerprint density at radius 1 is 1.33 bits per heavy atom. The van der Waals surface area contributed by atoms with Crippen molar-refractivity contribution in [2.75, 3.05) is 6.54 Å². The summed E-state index contributed by atoms with van der Waals surface area (Å²) in [6.07, 6.45) is 1.28. The van der Waals surface area contributed by atoms with E-state index >= 15 is 0 Å². The molecule has 27 heavy (non-hydrogen) atoms. The molecule has 0 bridgehead atoms. The van der Waals surface area contributed by atoms with Crippen LogP contribution in [-0.4, -0.2) is 26.9 Å². The van der Waals surface area contributed by atoms with E-state index in [4.69, 9.17) is 0 Å². The van der Waals surface area contributed by atoms with Crippen molar-refractivity contribution in [3.8, 4) is 0 Å². The van der Waals surface area contributed by atoms with Crippen LogP contribution < -0.4 is 0 Å². The number of benzene rings is 1. The molecule has 1 saturated carbocycles. The van der Waals surface area contributed by atoms with Gasteiger partial charge in [-0.25, -0.2) is 4.98 Å². The van der Waals surface area contributed by atoms with E-state index in [-0.39, 0.29) is 18.4 Å². The molecule has 0 N–H and O–H groups in total. The maximum atomic E-state index is 12.9. The number of hydrogen-bond acceptors (Lipinski definition) is 2. The molecule has 1 heterocycles. The Morgan fingerprint density at radius 3 is 2.70 bits per heavy atom. The van der Waals surface area contributed by atoms with Crippen LogP contribution in [0.2, 0.25) is 0 Å². The standard InChI is InChI=1S/C20H24F3N3O/c1-14(2)19(27)26(11-15-6-7-15)13-18-24-8-9-25(18)12-16-4-3-5-17(10-16)20(21,22)23/h3-5,8-10,14-15H,6-7,11-13H2,1-2H3. The van der Waals surface area contributed by atoms with Crippen molar-refractivity contribution in [2.24, 2.45) is 11.8 Å². The lowest BCUT2D eigenvalue weighted by molar-refractivity contribution is -0.137. The average Bonchev–Trinajstić information content (AvgIpc) is 3.32. The van der Waals surface area contributed by atoms with Crippen LogP contribution in [0.4, 0.5) is 13.2 Å². The molecule has 2 aromatic rings. The molecule has 1 amide bonds. The predicted octanol–water partition coefficient (Wildman–Crippen LogP) is 4.34. The van der Waals surface area contributed by atoms with Gasteiger partial charge in [0.2, 0.25) is 5.91 Å². The van der Waals surface area contributed by atoms with Crippen LogP contribution in [-0.2, 0) is 24.1 Å². The lowest BCUT2D eigenvalue weighted by Crippen LogP contribution is -2.36. The van der Waals surface area contributed by atoms with E-state index in [9.17, 15) is 18.0 Å². The molecule has 0 radical (unpaired) electrons. The van der Waals surface area contributed by atoms with Crippen LogP contribution >= 0.6 is 0 Å². The number of carbonyl (C=O) groups excluding carboxylic acids is 1. The van der Waals surface area contributed by atoms with Gasteiger partial charge in [0.05, 0.1) is 12.1 Å². The molecule has 146 valence electrons. The second-order valence-electron chi connectivity index (χ2n) is 7.49. The molecule has 0 spiro atoms. The Labute approximate surface area is 157 Å². The minimum atomic E-state index is -4.36. The zero-order chi connectivity index (χ0) is 19.6. The van der Waals surface area contributed by atoms with Gasteiger partial charge in [0, 0.05) is 31.4 Å². The first-order valence-electron chi connectivity index (χ1n) is 9.19. The van der Waals surface area contributed by atoms with E-state index in [1.54, 1.807) is 18.5 Å². The maximum absolute atomic E-state index is 12.9. The number of carbonyl (C=O) groups is 1. The van der Waals surface area contributed by atoms with Crippen molar-refractivity contribution in [1.29, 1.82) is 0 Å². The second kappa shape index (κ2) is 7.74. The molecule has 7 heteroatoms. The SMILES string of the molecule is CC(C)C(=O)N(Cc1nccn1Cc1cccc(C(F)(F)F)c1)CC1CC1. The van der Waals surface area contributed by atoms with Gasteiger partial charge < -0.3 is 9.47 Å². The number of nitrogens with zero attached hydrogens (tertiary/aromatic N) is 3. The summed E-state index contributed by atoms with van der Waals surface area (Å²) >= 11 is 0. The van der Waals surface area contributed by atoms with Crippen molar-refractivity contribution in [3.63, 3.8) is 0 Å². The fourth-order valence-electron chi connectivity index (χ4n) is 3.06. The molecule has 1 aromatic carbocycles. The van der Waals surface area contributed by atoms with Gasteiger partial charge in [0.15, 0.2) is 0 Å². The van der Waals surface area contributed by atoms with Gasteiger partial charge >= 0.3 is 6.18 Å². The van der Waals surface area contributed by atoms with Gasteiger partial charge in [-0.3, -0.25) is 4.79 Å². The smallest absolute Gasteiger partial charge is 0.335 e. The van der Waals surface area contributed by atoms with Gasteiger partial charge in [-0.2, -0.15) is 13.2 Å². The number of aromatic nitrogens is 2. The zero-order valence-corrected chi connectivity index (χ0v) is 15.5. The summed E-state index contributed by atoms with van der Waals surface area (Å²) in [5.41, 5.74) is -0.111. The highest BCUT2D eigenvalue weighted by atomic mass is 19.4. The van der Waals surface area contributed by atoms with Crippen molar-refractivity contribution in [2.45, 2.75) is 46.0 Å². The Balaban J connectivity index is 1.76. The van der Waals surface area contributed by atoms with E-state index in [1.807, 2.05) is 23.3 Å². The van der Waals surface area contributed by atoms with Crippen LogP contribution in [0.25, 0.3) is 0 Å². The van der Waals surface area contributed by atoms with Crippen LogP contribution in [0.5, 0.6) is 0 Å². The number of alkyl halides is 3. The highest BCUT2D eigenvalue weighted by molar-refractivity contribution is 5.78. The third-order valence-corrected chi connectivity index (χ3v) is 4.72. The molecule has 0 atom stereocenters. The Kier molecular flexibility index (Phi) is 5.58. The fraction of sp³-hybridized carbons (Fsp3) is 0.500. The molecule has 3 rings (SSSR count). The first-order chi connectivity index (χ1) is 12.7. The molecule has 1 aromatic heterocycles. The highest BCUT2D eigenvalue weighted by Crippen LogP contribution is 2.31. The monoisotopic (exact) mass is 379 g/mol. The van der Waals surface area contributed by atoms with Crippen LogP contribution in [0.1, 0.15) is 43.6 Å². The molecule has 1 aliphatic carbocycles. The number of imidazole rings is 1.